The maximum Gasteiger partial charge on any atom is 0.309 e. The van der Waals surface area contributed by atoms with Crippen molar-refractivity contribution < 1.29 is 14.8 Å². The largest absolute Gasteiger partial charge is 0.481 e. The second kappa shape index (κ2) is 4.66. The molecule has 0 aliphatic carbocycles. The van der Waals surface area contributed by atoms with Crippen molar-refractivity contribution in [2.75, 3.05) is 0 Å². The van der Waals surface area contributed by atoms with Crippen LogP contribution in [0.4, 0.5) is 5.69 Å². The molecule has 1 aromatic carbocycles. The van der Waals surface area contributed by atoms with Gasteiger partial charge in [-0.3, -0.25) is 14.9 Å². The topological polar surface area (TPSA) is 98.3 Å². The van der Waals surface area contributed by atoms with Crippen LogP contribution in [0.2, 0.25) is 0 Å². The molecule has 0 spiro atoms. The number of hydrogen-bond acceptors (Lipinski definition) is 4. The Morgan fingerprint density at radius 3 is 2.56 bits per heavy atom. The molecule has 2 rings (SSSR count). The van der Waals surface area contributed by atoms with E-state index in [0.29, 0.717) is 11.4 Å². The van der Waals surface area contributed by atoms with Crippen LogP contribution in [0.3, 0.4) is 0 Å². The number of aromatic nitrogens is 2. The fraction of sp³-hybridized carbons (Fsp3) is 0.0909. The Morgan fingerprint density at radius 2 is 2.00 bits per heavy atom. The van der Waals surface area contributed by atoms with E-state index in [2.05, 4.69) is 5.10 Å². The fourth-order valence-electron chi connectivity index (χ4n) is 1.57. The van der Waals surface area contributed by atoms with E-state index in [0.717, 1.165) is 0 Å². The molecular formula is C11H9N3O4. The lowest BCUT2D eigenvalue weighted by molar-refractivity contribution is -0.384. The number of rotatable bonds is 4. The van der Waals surface area contributed by atoms with Gasteiger partial charge in [0.2, 0.25) is 0 Å². The van der Waals surface area contributed by atoms with Crippen molar-refractivity contribution in [3.05, 3.63) is 52.3 Å². The number of aliphatic carboxylic acids is 1. The number of nitrogens with zero attached hydrogens (tertiary/aromatic N) is 3. The quantitative estimate of drug-likeness (QED) is 0.650. The zero-order valence-electron chi connectivity index (χ0n) is 9.18. The molecule has 18 heavy (non-hydrogen) atoms. The third-order valence-electron chi connectivity index (χ3n) is 2.36. The Bertz CT molecular complexity index is 589. The minimum absolute atomic E-state index is 0.0225. The lowest BCUT2D eigenvalue weighted by atomic mass is 10.2. The Kier molecular flexibility index (Phi) is 3.05. The van der Waals surface area contributed by atoms with Gasteiger partial charge in [-0.2, -0.15) is 5.10 Å². The van der Waals surface area contributed by atoms with Crippen LogP contribution in [-0.2, 0) is 11.2 Å². The van der Waals surface area contributed by atoms with Gasteiger partial charge in [-0.25, -0.2) is 4.68 Å². The van der Waals surface area contributed by atoms with Crippen LogP contribution in [0.5, 0.6) is 0 Å². The van der Waals surface area contributed by atoms with Gasteiger partial charge in [0.1, 0.15) is 0 Å². The number of nitro benzene ring substituents is 1. The van der Waals surface area contributed by atoms with Crippen LogP contribution in [0.25, 0.3) is 5.69 Å². The molecule has 0 saturated carbocycles. The standard InChI is InChI=1S/C11H9N3O4/c15-11(16)7-10-5-6-12-13(10)8-1-3-9(4-2-8)14(17)18/h1-6H,7H2,(H,15,16). The highest BCUT2D eigenvalue weighted by molar-refractivity contribution is 5.69. The van der Waals surface area contributed by atoms with Crippen LogP contribution in [0.15, 0.2) is 36.5 Å². The van der Waals surface area contributed by atoms with E-state index in [-0.39, 0.29) is 12.1 Å². The number of carboxylic acid groups (broad SMARTS) is 1. The Labute approximate surface area is 101 Å². The van der Waals surface area contributed by atoms with E-state index in [1.807, 2.05) is 0 Å². The van der Waals surface area contributed by atoms with E-state index < -0.39 is 10.9 Å². The number of non-ortho nitro benzene ring substituents is 1. The highest BCUT2D eigenvalue weighted by Gasteiger charge is 2.10. The van der Waals surface area contributed by atoms with Gasteiger partial charge in [0.15, 0.2) is 0 Å². The molecular weight excluding hydrogens is 238 g/mol. The number of hydrogen-bond donors (Lipinski definition) is 1. The van der Waals surface area contributed by atoms with Gasteiger partial charge in [0, 0.05) is 18.3 Å². The predicted molar refractivity (Wildman–Crippen MR) is 61.6 cm³/mol. The summed E-state index contributed by atoms with van der Waals surface area (Å²) in [5.41, 5.74) is 1.07. The second-order valence-electron chi connectivity index (χ2n) is 3.58. The van der Waals surface area contributed by atoms with Gasteiger partial charge in [-0.1, -0.05) is 0 Å². The highest BCUT2D eigenvalue weighted by atomic mass is 16.6. The molecule has 0 amide bonds. The number of carboxylic acids is 1. The summed E-state index contributed by atoms with van der Waals surface area (Å²) in [5, 5.41) is 23.3. The third kappa shape index (κ3) is 2.34. The third-order valence-corrected chi connectivity index (χ3v) is 2.36. The van der Waals surface area contributed by atoms with E-state index in [1.54, 1.807) is 6.07 Å². The van der Waals surface area contributed by atoms with Crippen LogP contribution >= 0.6 is 0 Å². The van der Waals surface area contributed by atoms with E-state index in [1.165, 1.54) is 35.1 Å². The molecule has 0 radical (unpaired) electrons. The summed E-state index contributed by atoms with van der Waals surface area (Å²) < 4.78 is 1.44. The van der Waals surface area contributed by atoms with E-state index in [9.17, 15) is 14.9 Å². The molecule has 0 aliphatic heterocycles. The van der Waals surface area contributed by atoms with Crippen molar-refractivity contribution in [1.82, 2.24) is 9.78 Å². The first-order valence-corrected chi connectivity index (χ1v) is 5.07. The van der Waals surface area contributed by atoms with Gasteiger partial charge >= 0.3 is 5.97 Å². The summed E-state index contributed by atoms with van der Waals surface area (Å²) in [5.74, 6) is -0.960. The number of benzene rings is 1. The minimum Gasteiger partial charge on any atom is -0.481 e. The first-order valence-electron chi connectivity index (χ1n) is 5.07. The van der Waals surface area contributed by atoms with Crippen LogP contribution in [0, 0.1) is 10.1 Å². The highest BCUT2D eigenvalue weighted by Crippen LogP contribution is 2.16. The molecule has 2 aromatic rings. The lowest BCUT2D eigenvalue weighted by Gasteiger charge is -2.05. The van der Waals surface area contributed by atoms with Gasteiger partial charge in [0.25, 0.3) is 5.69 Å². The van der Waals surface area contributed by atoms with Gasteiger partial charge in [0.05, 0.1) is 22.7 Å². The first-order chi connectivity index (χ1) is 8.58. The minimum atomic E-state index is -0.960. The van der Waals surface area contributed by atoms with Crippen LogP contribution in [0.1, 0.15) is 5.69 Å². The Hall–Kier alpha value is -2.70. The van der Waals surface area contributed by atoms with Crippen molar-refractivity contribution in [3.8, 4) is 5.69 Å². The summed E-state index contributed by atoms with van der Waals surface area (Å²) in [6, 6.07) is 7.34. The van der Waals surface area contributed by atoms with Gasteiger partial charge in [-0.15, -0.1) is 0 Å². The molecule has 0 bridgehead atoms. The maximum absolute atomic E-state index is 10.7. The molecule has 0 saturated heterocycles. The zero-order valence-corrected chi connectivity index (χ0v) is 9.18. The lowest BCUT2D eigenvalue weighted by Crippen LogP contribution is -2.07. The molecule has 7 heteroatoms. The summed E-state index contributed by atoms with van der Waals surface area (Å²) >= 11 is 0. The molecule has 7 nitrogen and oxygen atoms in total. The van der Waals surface area contributed by atoms with Crippen molar-refractivity contribution >= 4 is 11.7 Å². The van der Waals surface area contributed by atoms with Crippen molar-refractivity contribution in [3.63, 3.8) is 0 Å². The molecule has 0 fully saturated rings. The molecule has 1 aromatic heterocycles. The average molecular weight is 247 g/mol. The Morgan fingerprint density at radius 1 is 1.33 bits per heavy atom. The van der Waals surface area contributed by atoms with E-state index in [4.69, 9.17) is 5.11 Å². The molecule has 0 atom stereocenters. The average Bonchev–Trinajstić information content (AvgIpc) is 2.76. The molecule has 92 valence electrons. The first kappa shape index (κ1) is 11.8. The monoisotopic (exact) mass is 247 g/mol. The van der Waals surface area contributed by atoms with Gasteiger partial charge < -0.3 is 5.11 Å². The predicted octanol–water partition coefficient (Wildman–Crippen LogP) is 1.41. The summed E-state index contributed by atoms with van der Waals surface area (Å²) in [4.78, 5) is 20.7. The molecule has 0 aliphatic rings. The van der Waals surface area contributed by atoms with Crippen molar-refractivity contribution in [2.24, 2.45) is 0 Å². The normalized spacial score (nSPS) is 10.2. The smallest absolute Gasteiger partial charge is 0.309 e. The Balaban J connectivity index is 2.34. The summed E-state index contributed by atoms with van der Waals surface area (Å²) in [6.07, 6.45) is 1.33. The molecule has 1 N–H and O–H groups in total. The summed E-state index contributed by atoms with van der Waals surface area (Å²) in [6.45, 7) is 0. The maximum atomic E-state index is 10.7. The molecule has 0 unspecified atom stereocenters. The van der Waals surface area contributed by atoms with Crippen LogP contribution in [-0.4, -0.2) is 25.8 Å². The van der Waals surface area contributed by atoms with Crippen LogP contribution < -0.4 is 0 Å². The molecule has 1 heterocycles. The van der Waals surface area contributed by atoms with E-state index >= 15 is 0 Å². The number of nitro groups is 1. The SMILES string of the molecule is O=C(O)Cc1ccnn1-c1ccc([N+](=O)[O-])cc1. The van der Waals surface area contributed by atoms with Gasteiger partial charge in [-0.05, 0) is 18.2 Å². The second-order valence-corrected chi connectivity index (χ2v) is 3.58. The number of carbonyl (C=O) groups is 1. The van der Waals surface area contributed by atoms with Crippen molar-refractivity contribution in [1.29, 1.82) is 0 Å². The fourth-order valence-corrected chi connectivity index (χ4v) is 1.57. The zero-order chi connectivity index (χ0) is 13.1. The van der Waals surface area contributed by atoms with Crippen molar-refractivity contribution in [2.45, 2.75) is 6.42 Å². The summed E-state index contributed by atoms with van der Waals surface area (Å²) in [7, 11) is 0.